The minimum Gasteiger partial charge on any atom is -0.495 e. The number of nitrogens with one attached hydrogen (secondary N) is 1. The molecule has 0 aliphatic rings. The molecule has 0 fully saturated rings. The van der Waals surface area contributed by atoms with Crippen LogP contribution in [0.15, 0.2) is 48.9 Å². The van der Waals surface area contributed by atoms with Crippen molar-refractivity contribution in [3.05, 3.63) is 65.6 Å². The van der Waals surface area contributed by atoms with Crippen LogP contribution in [-0.2, 0) is 0 Å². The van der Waals surface area contributed by atoms with Crippen molar-refractivity contribution in [2.75, 3.05) is 12.4 Å². The summed E-state index contributed by atoms with van der Waals surface area (Å²) >= 11 is 6.06. The van der Waals surface area contributed by atoms with Crippen LogP contribution in [0.4, 0.5) is 20.3 Å². The zero-order chi connectivity index (χ0) is 19.0. The highest BCUT2D eigenvalue weighted by molar-refractivity contribution is 6.31. The monoisotopic (exact) mass is 387 g/mol. The summed E-state index contributed by atoms with van der Waals surface area (Å²) in [5, 5.41) is 8.37. The molecule has 0 saturated heterocycles. The topological polar surface area (TPSA) is 64.9 Å². The fourth-order valence-electron chi connectivity index (χ4n) is 2.68. The van der Waals surface area contributed by atoms with Gasteiger partial charge in [0.15, 0.2) is 11.5 Å². The molecule has 2 heterocycles. The number of hydrogen-bond acceptors (Lipinski definition) is 5. The highest BCUT2D eigenvalue weighted by atomic mass is 35.5. The summed E-state index contributed by atoms with van der Waals surface area (Å²) < 4.78 is 33.9. The molecule has 6 nitrogen and oxygen atoms in total. The van der Waals surface area contributed by atoms with E-state index < -0.39 is 11.6 Å². The molecule has 0 radical (unpaired) electrons. The number of hydrogen-bond donors (Lipinski definition) is 1. The summed E-state index contributed by atoms with van der Waals surface area (Å²) in [6.45, 7) is 0. The standard InChI is InChI=1S/C18H12ClF2N5O/c1-27-16-5-2-10(19)6-14(16)25-17-12-8-24-26(18(12)23-9-22-17)15-4-3-11(20)7-13(15)21/h2-9H,1H3,(H,22,23,25). The normalized spacial score (nSPS) is 11.0. The summed E-state index contributed by atoms with van der Waals surface area (Å²) in [4.78, 5) is 8.40. The number of anilines is 2. The summed E-state index contributed by atoms with van der Waals surface area (Å²) in [6.07, 6.45) is 2.82. The number of rotatable bonds is 4. The zero-order valence-corrected chi connectivity index (χ0v) is 14.7. The Labute approximate surface area is 157 Å². The molecule has 2 aromatic heterocycles. The lowest BCUT2D eigenvalue weighted by Crippen LogP contribution is -2.02. The van der Waals surface area contributed by atoms with Gasteiger partial charge in [-0.25, -0.2) is 23.4 Å². The quantitative estimate of drug-likeness (QED) is 0.558. The molecule has 0 aliphatic heterocycles. The molecule has 2 aromatic carbocycles. The first kappa shape index (κ1) is 17.2. The van der Waals surface area contributed by atoms with Gasteiger partial charge in [0.1, 0.15) is 29.4 Å². The molecule has 0 spiro atoms. The number of aromatic nitrogens is 4. The third-order valence-electron chi connectivity index (χ3n) is 3.92. The van der Waals surface area contributed by atoms with E-state index in [1.54, 1.807) is 25.3 Å². The first-order valence-corrected chi connectivity index (χ1v) is 8.19. The molecule has 0 aliphatic carbocycles. The van der Waals surface area contributed by atoms with Crippen molar-refractivity contribution in [3.63, 3.8) is 0 Å². The lowest BCUT2D eigenvalue weighted by molar-refractivity contribution is 0.417. The Balaban J connectivity index is 1.81. The predicted octanol–water partition coefficient (Wildman–Crippen LogP) is 4.50. The summed E-state index contributed by atoms with van der Waals surface area (Å²) in [7, 11) is 1.54. The summed E-state index contributed by atoms with van der Waals surface area (Å²) in [5.74, 6) is -0.403. The molecule has 0 bridgehead atoms. The lowest BCUT2D eigenvalue weighted by Gasteiger charge is -2.11. The second-order valence-corrected chi connectivity index (χ2v) is 6.02. The minimum atomic E-state index is -0.746. The van der Waals surface area contributed by atoms with Crippen LogP contribution in [0.3, 0.4) is 0 Å². The number of benzene rings is 2. The van der Waals surface area contributed by atoms with Crippen LogP contribution in [0.5, 0.6) is 5.75 Å². The number of fused-ring (bicyclic) bond motifs is 1. The van der Waals surface area contributed by atoms with Crippen molar-refractivity contribution in [1.29, 1.82) is 0 Å². The Bertz CT molecular complexity index is 1150. The Hall–Kier alpha value is -3.26. The first-order chi connectivity index (χ1) is 13.1. The average Bonchev–Trinajstić information content (AvgIpc) is 3.07. The maximum absolute atomic E-state index is 14.1. The van der Waals surface area contributed by atoms with Crippen molar-refractivity contribution in [3.8, 4) is 11.4 Å². The van der Waals surface area contributed by atoms with Gasteiger partial charge in [0, 0.05) is 11.1 Å². The second kappa shape index (κ2) is 6.81. The van der Waals surface area contributed by atoms with E-state index in [4.69, 9.17) is 16.3 Å². The van der Waals surface area contributed by atoms with Gasteiger partial charge in [-0.3, -0.25) is 0 Å². The van der Waals surface area contributed by atoms with Crippen LogP contribution in [0.25, 0.3) is 16.7 Å². The van der Waals surface area contributed by atoms with Crippen LogP contribution in [-0.4, -0.2) is 26.9 Å². The average molecular weight is 388 g/mol. The van der Waals surface area contributed by atoms with E-state index in [0.29, 0.717) is 33.3 Å². The van der Waals surface area contributed by atoms with E-state index in [0.717, 1.165) is 12.1 Å². The van der Waals surface area contributed by atoms with E-state index in [1.165, 1.54) is 23.3 Å². The number of methoxy groups -OCH3 is 1. The van der Waals surface area contributed by atoms with Gasteiger partial charge in [0.2, 0.25) is 0 Å². The smallest absolute Gasteiger partial charge is 0.168 e. The van der Waals surface area contributed by atoms with Crippen molar-refractivity contribution in [1.82, 2.24) is 19.7 Å². The molecule has 4 aromatic rings. The Morgan fingerprint density at radius 3 is 2.74 bits per heavy atom. The number of ether oxygens (including phenoxy) is 1. The molecular weight excluding hydrogens is 376 g/mol. The summed E-state index contributed by atoms with van der Waals surface area (Å²) in [6, 6.07) is 8.37. The molecule has 9 heteroatoms. The van der Waals surface area contributed by atoms with Crippen LogP contribution in [0, 0.1) is 11.6 Å². The fraction of sp³-hybridized carbons (Fsp3) is 0.0556. The molecule has 136 valence electrons. The third kappa shape index (κ3) is 3.15. The highest BCUT2D eigenvalue weighted by Gasteiger charge is 2.15. The van der Waals surface area contributed by atoms with Crippen LogP contribution >= 0.6 is 11.6 Å². The summed E-state index contributed by atoms with van der Waals surface area (Å²) in [5.41, 5.74) is 1.04. The minimum absolute atomic E-state index is 0.0800. The molecule has 0 saturated carbocycles. The molecule has 0 unspecified atom stereocenters. The number of halogens is 3. The lowest BCUT2D eigenvalue weighted by atomic mass is 10.2. The van der Waals surface area contributed by atoms with Crippen molar-refractivity contribution >= 4 is 34.1 Å². The number of nitrogens with zero attached hydrogens (tertiary/aromatic N) is 4. The third-order valence-corrected chi connectivity index (χ3v) is 4.15. The van der Waals surface area contributed by atoms with Crippen molar-refractivity contribution in [2.45, 2.75) is 0 Å². The fourth-order valence-corrected chi connectivity index (χ4v) is 2.85. The van der Waals surface area contributed by atoms with Crippen LogP contribution in [0.2, 0.25) is 5.02 Å². The van der Waals surface area contributed by atoms with Gasteiger partial charge < -0.3 is 10.1 Å². The van der Waals surface area contributed by atoms with Crippen molar-refractivity contribution in [2.24, 2.45) is 0 Å². The molecule has 0 atom stereocenters. The molecule has 0 amide bonds. The van der Waals surface area contributed by atoms with Gasteiger partial charge >= 0.3 is 0 Å². The van der Waals surface area contributed by atoms with E-state index in [-0.39, 0.29) is 5.69 Å². The molecule has 1 N–H and O–H groups in total. The highest BCUT2D eigenvalue weighted by Crippen LogP contribution is 2.32. The van der Waals surface area contributed by atoms with Crippen LogP contribution < -0.4 is 10.1 Å². The Morgan fingerprint density at radius 2 is 1.96 bits per heavy atom. The molecule has 27 heavy (non-hydrogen) atoms. The van der Waals surface area contributed by atoms with Gasteiger partial charge in [-0.1, -0.05) is 11.6 Å². The van der Waals surface area contributed by atoms with Gasteiger partial charge in [0.05, 0.1) is 24.4 Å². The molecular formula is C18H12ClF2N5O. The second-order valence-electron chi connectivity index (χ2n) is 5.58. The largest absolute Gasteiger partial charge is 0.495 e. The Kier molecular flexibility index (Phi) is 4.33. The van der Waals surface area contributed by atoms with Crippen LogP contribution in [0.1, 0.15) is 0 Å². The zero-order valence-electron chi connectivity index (χ0n) is 13.9. The van der Waals surface area contributed by atoms with Gasteiger partial charge in [-0.2, -0.15) is 5.10 Å². The first-order valence-electron chi connectivity index (χ1n) is 7.81. The molecule has 4 rings (SSSR count). The Morgan fingerprint density at radius 1 is 1.11 bits per heavy atom. The maximum Gasteiger partial charge on any atom is 0.168 e. The van der Waals surface area contributed by atoms with Gasteiger partial charge in [-0.05, 0) is 30.3 Å². The van der Waals surface area contributed by atoms with E-state index in [9.17, 15) is 8.78 Å². The van der Waals surface area contributed by atoms with Gasteiger partial charge in [-0.15, -0.1) is 0 Å². The van der Waals surface area contributed by atoms with E-state index >= 15 is 0 Å². The van der Waals surface area contributed by atoms with E-state index in [2.05, 4.69) is 20.4 Å². The van der Waals surface area contributed by atoms with Crippen molar-refractivity contribution < 1.29 is 13.5 Å². The van der Waals surface area contributed by atoms with Gasteiger partial charge in [0.25, 0.3) is 0 Å². The van der Waals surface area contributed by atoms with E-state index in [1.807, 2.05) is 0 Å². The SMILES string of the molecule is COc1ccc(Cl)cc1Nc1ncnc2c1cnn2-c1ccc(F)cc1F. The predicted molar refractivity (Wildman–Crippen MR) is 97.9 cm³/mol. The maximum atomic E-state index is 14.1.